The van der Waals surface area contributed by atoms with Crippen LogP contribution in [0.5, 0.6) is 0 Å². The SMILES string of the molecule is O=C(c1ccc(F)cc1)N1CCCC(C(=O)N2CCC3CCC(C2)N3)C1. The van der Waals surface area contributed by atoms with Crippen molar-refractivity contribution in [2.75, 3.05) is 26.2 Å². The second-order valence-corrected chi connectivity index (χ2v) is 7.81. The highest BCUT2D eigenvalue weighted by atomic mass is 19.1. The summed E-state index contributed by atoms with van der Waals surface area (Å²) in [5.41, 5.74) is 0.482. The van der Waals surface area contributed by atoms with Crippen molar-refractivity contribution in [2.45, 2.75) is 44.2 Å². The Balaban J connectivity index is 1.40. The van der Waals surface area contributed by atoms with Crippen molar-refractivity contribution < 1.29 is 14.0 Å². The summed E-state index contributed by atoms with van der Waals surface area (Å²) in [7, 11) is 0. The maximum absolute atomic E-state index is 13.1. The zero-order valence-corrected chi connectivity index (χ0v) is 15.0. The number of hydrogen-bond donors (Lipinski definition) is 1. The van der Waals surface area contributed by atoms with Crippen molar-refractivity contribution in [1.29, 1.82) is 0 Å². The monoisotopic (exact) mass is 359 g/mol. The van der Waals surface area contributed by atoms with Crippen LogP contribution in [0.1, 0.15) is 42.5 Å². The minimum absolute atomic E-state index is 0.112. The van der Waals surface area contributed by atoms with Crippen molar-refractivity contribution in [3.63, 3.8) is 0 Å². The fourth-order valence-electron chi connectivity index (χ4n) is 4.54. The molecule has 3 saturated heterocycles. The standard InChI is InChI=1S/C20H26FN3O2/c21-16-5-3-14(4-6-16)19(25)23-10-1-2-15(12-23)20(26)24-11-9-17-7-8-18(13-24)22-17/h3-6,15,17-18,22H,1-2,7-13H2. The van der Waals surface area contributed by atoms with Gasteiger partial charge in [-0.2, -0.15) is 0 Å². The Labute approximate surface area is 153 Å². The van der Waals surface area contributed by atoms with E-state index in [4.69, 9.17) is 0 Å². The number of rotatable bonds is 2. The van der Waals surface area contributed by atoms with Gasteiger partial charge in [-0.15, -0.1) is 0 Å². The lowest BCUT2D eigenvalue weighted by Gasteiger charge is -2.35. The average molecular weight is 359 g/mol. The molecule has 3 aliphatic rings. The minimum atomic E-state index is -0.350. The molecule has 3 unspecified atom stereocenters. The molecule has 3 aliphatic heterocycles. The van der Waals surface area contributed by atoms with Crippen LogP contribution in [0.15, 0.2) is 24.3 Å². The summed E-state index contributed by atoms with van der Waals surface area (Å²) >= 11 is 0. The van der Waals surface area contributed by atoms with Gasteiger partial charge in [0, 0.05) is 43.8 Å². The minimum Gasteiger partial charge on any atom is -0.341 e. The number of hydrogen-bond acceptors (Lipinski definition) is 3. The number of fused-ring (bicyclic) bond motifs is 2. The van der Waals surface area contributed by atoms with E-state index in [9.17, 15) is 14.0 Å². The van der Waals surface area contributed by atoms with Crippen molar-refractivity contribution >= 4 is 11.8 Å². The van der Waals surface area contributed by atoms with Crippen LogP contribution >= 0.6 is 0 Å². The molecule has 0 aromatic heterocycles. The van der Waals surface area contributed by atoms with Crippen molar-refractivity contribution in [3.05, 3.63) is 35.6 Å². The topological polar surface area (TPSA) is 52.7 Å². The summed E-state index contributed by atoms with van der Waals surface area (Å²) < 4.78 is 13.1. The highest BCUT2D eigenvalue weighted by Crippen LogP contribution is 2.25. The summed E-state index contributed by atoms with van der Waals surface area (Å²) in [5, 5.41) is 3.60. The van der Waals surface area contributed by atoms with Gasteiger partial charge >= 0.3 is 0 Å². The molecule has 6 heteroatoms. The number of piperidine rings is 1. The molecule has 140 valence electrons. The van der Waals surface area contributed by atoms with Crippen LogP contribution in [-0.2, 0) is 4.79 Å². The smallest absolute Gasteiger partial charge is 0.253 e. The quantitative estimate of drug-likeness (QED) is 0.879. The zero-order valence-electron chi connectivity index (χ0n) is 15.0. The first-order valence-corrected chi connectivity index (χ1v) is 9.70. The van der Waals surface area contributed by atoms with Crippen LogP contribution in [-0.4, -0.2) is 59.9 Å². The van der Waals surface area contributed by atoms with E-state index < -0.39 is 0 Å². The van der Waals surface area contributed by atoms with Crippen LogP contribution in [0.3, 0.4) is 0 Å². The highest BCUT2D eigenvalue weighted by molar-refractivity contribution is 5.94. The number of nitrogens with one attached hydrogen (secondary N) is 1. The molecule has 26 heavy (non-hydrogen) atoms. The first-order chi connectivity index (χ1) is 12.6. The maximum Gasteiger partial charge on any atom is 0.253 e. The lowest BCUT2D eigenvalue weighted by Crippen LogP contribution is -2.48. The molecule has 2 amide bonds. The molecule has 0 radical (unpaired) electrons. The molecule has 1 N–H and O–H groups in total. The normalized spacial score (nSPS) is 28.7. The van der Waals surface area contributed by atoms with Crippen LogP contribution < -0.4 is 5.32 Å². The lowest BCUT2D eigenvalue weighted by molar-refractivity contribution is -0.137. The molecule has 1 aromatic rings. The second-order valence-electron chi connectivity index (χ2n) is 7.81. The van der Waals surface area contributed by atoms with E-state index in [1.807, 2.05) is 4.90 Å². The van der Waals surface area contributed by atoms with E-state index in [1.165, 1.54) is 30.7 Å². The Hall–Kier alpha value is -1.95. The lowest BCUT2D eigenvalue weighted by atomic mass is 9.95. The summed E-state index contributed by atoms with van der Waals surface area (Å²) in [4.78, 5) is 29.5. The van der Waals surface area contributed by atoms with Gasteiger partial charge in [-0.05, 0) is 56.4 Å². The van der Waals surface area contributed by atoms with Crippen LogP contribution in [0.2, 0.25) is 0 Å². The summed E-state index contributed by atoms with van der Waals surface area (Å²) in [5.74, 6) is -0.392. The van der Waals surface area contributed by atoms with Crippen LogP contribution in [0.25, 0.3) is 0 Å². The predicted molar refractivity (Wildman–Crippen MR) is 96.2 cm³/mol. The van der Waals surface area contributed by atoms with Crippen LogP contribution in [0.4, 0.5) is 4.39 Å². The first-order valence-electron chi connectivity index (χ1n) is 9.70. The summed E-state index contributed by atoms with van der Waals surface area (Å²) in [6, 6.07) is 6.62. The van der Waals surface area contributed by atoms with Crippen molar-refractivity contribution in [2.24, 2.45) is 5.92 Å². The number of amides is 2. The van der Waals surface area contributed by atoms with E-state index >= 15 is 0 Å². The van der Waals surface area contributed by atoms with Gasteiger partial charge in [0.05, 0.1) is 5.92 Å². The Morgan fingerprint density at radius 3 is 2.50 bits per heavy atom. The number of nitrogens with zero attached hydrogens (tertiary/aromatic N) is 2. The van der Waals surface area contributed by atoms with E-state index in [1.54, 1.807) is 4.90 Å². The van der Waals surface area contributed by atoms with Gasteiger partial charge in [0.2, 0.25) is 5.91 Å². The molecule has 5 nitrogen and oxygen atoms in total. The fraction of sp³-hybridized carbons (Fsp3) is 0.600. The number of carbonyl (C=O) groups is 2. The largest absolute Gasteiger partial charge is 0.341 e. The van der Waals surface area contributed by atoms with Gasteiger partial charge in [0.25, 0.3) is 5.91 Å². The Kier molecular flexibility index (Phi) is 4.94. The molecule has 4 rings (SSSR count). The van der Waals surface area contributed by atoms with Gasteiger partial charge in [0.1, 0.15) is 5.82 Å². The number of carbonyl (C=O) groups excluding carboxylic acids is 2. The second kappa shape index (κ2) is 7.35. The first kappa shape index (κ1) is 17.5. The highest BCUT2D eigenvalue weighted by Gasteiger charge is 2.35. The third-order valence-corrected chi connectivity index (χ3v) is 5.98. The molecular weight excluding hydrogens is 333 g/mol. The van der Waals surface area contributed by atoms with Crippen LogP contribution in [0, 0.1) is 11.7 Å². The Morgan fingerprint density at radius 2 is 1.69 bits per heavy atom. The van der Waals surface area contributed by atoms with Crippen molar-refractivity contribution in [3.8, 4) is 0 Å². The molecule has 3 heterocycles. The van der Waals surface area contributed by atoms with Gasteiger partial charge in [-0.3, -0.25) is 9.59 Å². The molecule has 0 saturated carbocycles. The van der Waals surface area contributed by atoms with Gasteiger partial charge in [-0.25, -0.2) is 4.39 Å². The van der Waals surface area contributed by atoms with E-state index in [0.717, 1.165) is 38.8 Å². The molecule has 3 fully saturated rings. The number of benzene rings is 1. The third-order valence-electron chi connectivity index (χ3n) is 5.98. The van der Waals surface area contributed by atoms with Gasteiger partial charge in [0.15, 0.2) is 0 Å². The molecule has 0 aliphatic carbocycles. The molecule has 1 aromatic carbocycles. The summed E-state index contributed by atoms with van der Waals surface area (Å²) in [6.07, 6.45) is 5.06. The molecular formula is C20H26FN3O2. The molecule has 3 atom stereocenters. The Morgan fingerprint density at radius 1 is 0.923 bits per heavy atom. The molecule has 0 spiro atoms. The van der Waals surface area contributed by atoms with E-state index in [0.29, 0.717) is 30.7 Å². The van der Waals surface area contributed by atoms with Crippen molar-refractivity contribution in [1.82, 2.24) is 15.1 Å². The maximum atomic E-state index is 13.1. The number of likely N-dealkylation sites (tertiary alicyclic amines) is 2. The molecule has 2 bridgehead atoms. The Bertz CT molecular complexity index is 678. The van der Waals surface area contributed by atoms with E-state index in [-0.39, 0.29) is 23.5 Å². The predicted octanol–water partition coefficient (Wildman–Crippen LogP) is 2.03. The zero-order chi connectivity index (χ0) is 18.1. The third kappa shape index (κ3) is 3.61. The summed E-state index contributed by atoms with van der Waals surface area (Å²) in [6.45, 7) is 2.73. The van der Waals surface area contributed by atoms with E-state index in [2.05, 4.69) is 5.32 Å². The number of halogens is 1. The van der Waals surface area contributed by atoms with Gasteiger partial charge in [-0.1, -0.05) is 0 Å². The average Bonchev–Trinajstić information content (AvgIpc) is 3.00. The van der Waals surface area contributed by atoms with Gasteiger partial charge < -0.3 is 15.1 Å². The fourth-order valence-corrected chi connectivity index (χ4v) is 4.54.